The molecule has 0 fully saturated rings. The molecule has 0 amide bonds. The summed E-state index contributed by atoms with van der Waals surface area (Å²) in [6.45, 7) is 5.38. The lowest BCUT2D eigenvalue weighted by Crippen LogP contribution is -2.22. The van der Waals surface area contributed by atoms with Crippen molar-refractivity contribution >= 4 is 17.8 Å². The molecule has 3 rings (SSSR count). The molecule has 2 aromatic carbocycles. The Bertz CT molecular complexity index is 1120. The molecule has 1 unspecified atom stereocenters. The number of allylic oxidation sites excluding steroid dienone is 1. The zero-order chi connectivity index (χ0) is 23.3. The lowest BCUT2D eigenvalue weighted by atomic mass is 9.96. The number of aliphatic hydroxyl groups is 1. The molecule has 0 radical (unpaired) electrons. The number of hydrogen-bond donors (Lipinski definition) is 2. The average Bonchev–Trinajstić information content (AvgIpc) is 3.21. The Hall–Kier alpha value is -3.64. The van der Waals surface area contributed by atoms with Gasteiger partial charge in [0.1, 0.15) is 5.75 Å². The van der Waals surface area contributed by atoms with Crippen LogP contribution >= 0.6 is 0 Å². The molecular formula is C26H27NO5. The number of rotatable bonds is 9. The van der Waals surface area contributed by atoms with Crippen molar-refractivity contribution in [1.82, 2.24) is 4.57 Å². The molecule has 2 N–H and O–H groups in total. The summed E-state index contributed by atoms with van der Waals surface area (Å²) >= 11 is 0. The van der Waals surface area contributed by atoms with E-state index in [1.807, 2.05) is 35.0 Å². The molecule has 0 saturated heterocycles. The molecule has 166 valence electrons. The first kappa shape index (κ1) is 23.0. The molecule has 0 aliphatic rings. The van der Waals surface area contributed by atoms with Crippen molar-refractivity contribution in [1.29, 1.82) is 0 Å². The molecule has 1 heterocycles. The first-order valence-corrected chi connectivity index (χ1v) is 10.3. The van der Waals surface area contributed by atoms with Gasteiger partial charge in [0.2, 0.25) is 5.78 Å². The van der Waals surface area contributed by atoms with Crippen LogP contribution in [0.25, 0.3) is 6.08 Å². The molecule has 1 atom stereocenters. The average molecular weight is 434 g/mol. The van der Waals surface area contributed by atoms with Gasteiger partial charge >= 0.3 is 5.97 Å². The van der Waals surface area contributed by atoms with E-state index in [2.05, 4.69) is 0 Å². The highest BCUT2D eigenvalue weighted by Gasteiger charge is 2.18. The van der Waals surface area contributed by atoms with Crippen LogP contribution in [0.3, 0.4) is 0 Å². The summed E-state index contributed by atoms with van der Waals surface area (Å²) in [5, 5.41) is 19.1. The molecule has 3 aromatic rings. The van der Waals surface area contributed by atoms with Gasteiger partial charge in [-0.1, -0.05) is 48.6 Å². The minimum Gasteiger partial charge on any atom is -0.479 e. The van der Waals surface area contributed by atoms with Crippen molar-refractivity contribution in [2.45, 2.75) is 39.0 Å². The van der Waals surface area contributed by atoms with Crippen molar-refractivity contribution in [3.05, 3.63) is 95.3 Å². The Morgan fingerprint density at radius 2 is 1.81 bits per heavy atom. The minimum absolute atomic E-state index is 0.0937. The zero-order valence-electron chi connectivity index (χ0n) is 18.4. The maximum atomic E-state index is 13.0. The second-order valence-corrected chi connectivity index (χ2v) is 8.08. The highest BCUT2D eigenvalue weighted by molar-refractivity contribution is 6.08. The van der Waals surface area contributed by atoms with Gasteiger partial charge in [-0.3, -0.25) is 4.79 Å². The van der Waals surface area contributed by atoms with Gasteiger partial charge < -0.3 is 19.5 Å². The normalized spacial score (nSPS) is 12.6. The highest BCUT2D eigenvalue weighted by Crippen LogP contribution is 2.21. The number of carbonyl (C=O) groups excluding carboxylic acids is 1. The van der Waals surface area contributed by atoms with Crippen molar-refractivity contribution < 1.29 is 24.5 Å². The molecule has 6 nitrogen and oxygen atoms in total. The first-order chi connectivity index (χ1) is 15.1. The third-order valence-electron chi connectivity index (χ3n) is 5.05. The Morgan fingerprint density at radius 3 is 2.47 bits per heavy atom. The summed E-state index contributed by atoms with van der Waals surface area (Å²) in [6.07, 6.45) is 4.73. The topological polar surface area (TPSA) is 88.8 Å². The molecule has 0 saturated carbocycles. The number of carboxylic acid groups (broad SMARTS) is 1. The predicted octanol–water partition coefficient (Wildman–Crippen LogP) is 4.51. The number of benzene rings is 2. The zero-order valence-corrected chi connectivity index (χ0v) is 18.4. The number of aromatic nitrogens is 1. The summed E-state index contributed by atoms with van der Waals surface area (Å²) in [5.74, 6) is -0.636. The van der Waals surface area contributed by atoms with Gasteiger partial charge in [0.25, 0.3) is 0 Å². The van der Waals surface area contributed by atoms with Crippen LogP contribution in [0.2, 0.25) is 0 Å². The van der Waals surface area contributed by atoms with Crippen LogP contribution in [0.1, 0.15) is 48.0 Å². The summed E-state index contributed by atoms with van der Waals surface area (Å²) in [6, 6.07) is 17.8. The van der Waals surface area contributed by atoms with E-state index >= 15 is 0 Å². The van der Waals surface area contributed by atoms with Gasteiger partial charge in [0, 0.05) is 18.3 Å². The number of ketones is 1. The number of carboxylic acids is 1. The molecule has 0 aliphatic heterocycles. The van der Waals surface area contributed by atoms with E-state index in [0.717, 1.165) is 11.1 Å². The summed E-state index contributed by atoms with van der Waals surface area (Å²) < 4.78 is 7.26. The van der Waals surface area contributed by atoms with E-state index in [1.54, 1.807) is 62.4 Å². The van der Waals surface area contributed by atoms with Crippen molar-refractivity contribution in [3.63, 3.8) is 0 Å². The van der Waals surface area contributed by atoms with Crippen molar-refractivity contribution in [2.75, 3.05) is 0 Å². The highest BCUT2D eigenvalue weighted by atomic mass is 16.5. The Balaban J connectivity index is 1.69. The molecule has 1 aromatic heterocycles. The van der Waals surface area contributed by atoms with Gasteiger partial charge in [0.15, 0.2) is 6.10 Å². The van der Waals surface area contributed by atoms with Crippen LogP contribution in [-0.4, -0.2) is 32.6 Å². The molecule has 32 heavy (non-hydrogen) atoms. The van der Waals surface area contributed by atoms with Crippen molar-refractivity contribution in [3.8, 4) is 5.75 Å². The quantitative estimate of drug-likeness (QED) is 0.485. The number of nitrogens with zero attached hydrogens (tertiary/aromatic N) is 1. The maximum absolute atomic E-state index is 13.0. The number of ether oxygens (including phenoxy) is 1. The second-order valence-electron chi connectivity index (χ2n) is 8.08. The van der Waals surface area contributed by atoms with E-state index in [1.165, 1.54) is 6.92 Å². The van der Waals surface area contributed by atoms with E-state index < -0.39 is 17.7 Å². The van der Waals surface area contributed by atoms with Crippen LogP contribution in [0, 0.1) is 0 Å². The van der Waals surface area contributed by atoms with E-state index in [4.69, 9.17) is 9.84 Å². The van der Waals surface area contributed by atoms with Crippen LogP contribution in [-0.2, 0) is 16.9 Å². The summed E-state index contributed by atoms with van der Waals surface area (Å²) in [7, 11) is 0. The third kappa shape index (κ3) is 5.74. The van der Waals surface area contributed by atoms with Gasteiger partial charge in [0.05, 0.1) is 11.3 Å². The fraction of sp³-hybridized carbons (Fsp3) is 0.231. The first-order valence-electron chi connectivity index (χ1n) is 10.3. The summed E-state index contributed by atoms with van der Waals surface area (Å²) in [5.41, 5.74) is 1.77. The Labute approximate surface area is 187 Å². The lowest BCUT2D eigenvalue weighted by Gasteiger charge is -2.17. The monoisotopic (exact) mass is 433 g/mol. The fourth-order valence-corrected chi connectivity index (χ4v) is 3.21. The van der Waals surface area contributed by atoms with Gasteiger partial charge in [-0.2, -0.15) is 0 Å². The molecular weight excluding hydrogens is 406 g/mol. The summed E-state index contributed by atoms with van der Waals surface area (Å²) in [4.78, 5) is 23.9. The van der Waals surface area contributed by atoms with Crippen molar-refractivity contribution in [2.24, 2.45) is 0 Å². The number of hydrogen-bond acceptors (Lipinski definition) is 4. The largest absolute Gasteiger partial charge is 0.479 e. The molecule has 0 spiro atoms. The molecule has 6 heteroatoms. The fourth-order valence-electron chi connectivity index (χ4n) is 3.21. The Morgan fingerprint density at radius 1 is 1.09 bits per heavy atom. The van der Waals surface area contributed by atoms with Crippen LogP contribution in [0.15, 0.2) is 72.9 Å². The minimum atomic E-state index is -1.02. The SMILES string of the molecule is CC(Oc1cccc(C=CCn2cccc2C(=O)c2ccc(C(C)(C)O)cc2)c1)C(=O)O. The van der Waals surface area contributed by atoms with Gasteiger partial charge in [-0.05, 0) is 56.2 Å². The number of carbonyl (C=O) groups is 2. The Kier molecular flexibility index (Phi) is 6.95. The lowest BCUT2D eigenvalue weighted by molar-refractivity contribution is -0.144. The van der Waals surface area contributed by atoms with E-state index in [0.29, 0.717) is 23.6 Å². The maximum Gasteiger partial charge on any atom is 0.344 e. The van der Waals surface area contributed by atoms with Gasteiger partial charge in [-0.25, -0.2) is 4.79 Å². The number of aliphatic carboxylic acids is 1. The van der Waals surface area contributed by atoms with Gasteiger partial charge in [-0.15, -0.1) is 0 Å². The van der Waals surface area contributed by atoms with E-state index in [9.17, 15) is 14.7 Å². The standard InChI is InChI=1S/C26H27NO5/c1-18(25(29)30)32-22-9-4-7-19(17-22)8-5-15-27-16-6-10-23(27)24(28)20-11-13-21(14-12-20)26(2,3)31/h4-14,16-18,31H,15H2,1-3H3,(H,29,30). The van der Waals surface area contributed by atoms with E-state index in [-0.39, 0.29) is 5.78 Å². The molecule has 0 aliphatic carbocycles. The smallest absolute Gasteiger partial charge is 0.344 e. The third-order valence-corrected chi connectivity index (χ3v) is 5.05. The van der Waals surface area contributed by atoms with Crippen LogP contribution < -0.4 is 4.74 Å². The second kappa shape index (κ2) is 9.66. The predicted molar refractivity (Wildman–Crippen MR) is 123 cm³/mol. The van der Waals surface area contributed by atoms with Crippen LogP contribution in [0.5, 0.6) is 5.75 Å². The molecule has 0 bridgehead atoms. The van der Waals surface area contributed by atoms with Crippen LogP contribution in [0.4, 0.5) is 0 Å².